The van der Waals surface area contributed by atoms with Gasteiger partial charge in [-0.15, -0.1) is 0 Å². The normalized spacial score (nSPS) is 11.1. The minimum Gasteiger partial charge on any atom is -0.347 e. The lowest BCUT2D eigenvalue weighted by molar-refractivity contribution is 0.923. The van der Waals surface area contributed by atoms with Gasteiger partial charge in [0.2, 0.25) is 0 Å². The topological polar surface area (TPSA) is 37.8 Å². The van der Waals surface area contributed by atoms with Crippen molar-refractivity contribution in [3.63, 3.8) is 0 Å². The second kappa shape index (κ2) is 8.09. The van der Waals surface area contributed by atoms with Crippen LogP contribution in [0.15, 0.2) is 118 Å². The Morgan fingerprint density at radius 3 is 2.13 bits per heavy atom. The molecule has 3 aromatic carbocycles. The van der Waals surface area contributed by atoms with Crippen LogP contribution in [-0.2, 0) is 6.42 Å². The Bertz CT molecular complexity index is 1290. The molecule has 3 nitrogen and oxygen atoms in total. The summed E-state index contributed by atoms with van der Waals surface area (Å²) < 4.78 is 1.78. The van der Waals surface area contributed by atoms with Crippen molar-refractivity contribution < 1.29 is 0 Å². The summed E-state index contributed by atoms with van der Waals surface area (Å²) in [5, 5.41) is 0.957. The Hall–Kier alpha value is -3.50. The Morgan fingerprint density at radius 1 is 0.800 bits per heavy atom. The van der Waals surface area contributed by atoms with Crippen LogP contribution in [-0.4, -0.2) is 9.55 Å². The van der Waals surface area contributed by atoms with Gasteiger partial charge in [0.05, 0.1) is 11.4 Å². The molecule has 0 saturated heterocycles. The van der Waals surface area contributed by atoms with Gasteiger partial charge in [-0.2, -0.15) is 0 Å². The van der Waals surface area contributed by atoms with E-state index in [9.17, 15) is 4.79 Å². The maximum absolute atomic E-state index is 13.3. The van der Waals surface area contributed by atoms with Crippen molar-refractivity contribution >= 4 is 11.8 Å². The zero-order valence-corrected chi connectivity index (χ0v) is 17.1. The molecule has 0 atom stereocenters. The van der Waals surface area contributed by atoms with E-state index < -0.39 is 0 Å². The molecule has 0 unspecified atom stereocenters. The van der Waals surface area contributed by atoms with Crippen LogP contribution >= 0.6 is 11.8 Å². The molecular formula is C26H20N2OS. The standard InChI is InChI=1S/C26H20N2OS/c29-26-21(16-19-10-4-1-5-11-19)17-24-25(30-22-14-8-3-9-15-22)27-23(18-28(24)26)20-12-6-2-7-13-20/h1-15,17-18,27H,16H2. The van der Waals surface area contributed by atoms with Gasteiger partial charge in [0, 0.05) is 23.1 Å². The van der Waals surface area contributed by atoms with Crippen molar-refractivity contribution in [2.75, 3.05) is 0 Å². The molecule has 0 spiro atoms. The summed E-state index contributed by atoms with van der Waals surface area (Å²) in [5.74, 6) is 0. The molecule has 0 amide bonds. The van der Waals surface area contributed by atoms with Crippen molar-refractivity contribution in [1.29, 1.82) is 0 Å². The molecule has 30 heavy (non-hydrogen) atoms. The molecule has 3 aromatic rings. The number of nitrogens with zero attached hydrogens (tertiary/aromatic N) is 1. The van der Waals surface area contributed by atoms with E-state index in [0.717, 1.165) is 38.0 Å². The molecule has 0 aromatic heterocycles. The number of aromatic amines is 1. The highest BCUT2D eigenvalue weighted by Crippen LogP contribution is 2.34. The molecule has 0 aliphatic carbocycles. The summed E-state index contributed by atoms with van der Waals surface area (Å²) >= 11 is 1.64. The minimum absolute atomic E-state index is 0.0370. The number of hydrogen-bond acceptors (Lipinski definition) is 2. The van der Waals surface area contributed by atoms with E-state index in [2.05, 4.69) is 29.2 Å². The van der Waals surface area contributed by atoms with Gasteiger partial charge in [0.15, 0.2) is 0 Å². The van der Waals surface area contributed by atoms with Crippen LogP contribution < -0.4 is 5.56 Å². The van der Waals surface area contributed by atoms with Gasteiger partial charge in [-0.25, -0.2) is 0 Å². The van der Waals surface area contributed by atoms with Crippen molar-refractivity contribution in [2.45, 2.75) is 16.3 Å². The fourth-order valence-corrected chi connectivity index (χ4v) is 4.55. The Kier molecular flexibility index (Phi) is 4.99. The third-order valence-electron chi connectivity index (χ3n) is 5.09. The first-order valence-electron chi connectivity index (χ1n) is 9.87. The van der Waals surface area contributed by atoms with Gasteiger partial charge >= 0.3 is 0 Å². The van der Waals surface area contributed by atoms with E-state index in [-0.39, 0.29) is 5.56 Å². The quantitative estimate of drug-likeness (QED) is 0.387. The molecule has 1 N–H and O–H groups in total. The zero-order valence-electron chi connectivity index (χ0n) is 16.3. The maximum Gasteiger partial charge on any atom is 0.258 e. The van der Waals surface area contributed by atoms with Crippen LogP contribution in [0.3, 0.4) is 0 Å². The number of benzene rings is 3. The zero-order chi connectivity index (χ0) is 20.3. The van der Waals surface area contributed by atoms with Crippen LogP contribution in [0.4, 0.5) is 0 Å². The smallest absolute Gasteiger partial charge is 0.258 e. The number of rotatable bonds is 5. The fourth-order valence-electron chi connectivity index (χ4n) is 3.60. The highest BCUT2D eigenvalue weighted by atomic mass is 32.2. The molecule has 2 heterocycles. The van der Waals surface area contributed by atoms with Gasteiger partial charge < -0.3 is 4.98 Å². The molecule has 2 aliphatic rings. The third-order valence-corrected chi connectivity index (χ3v) is 6.11. The van der Waals surface area contributed by atoms with Gasteiger partial charge in [-0.1, -0.05) is 90.6 Å². The second-order valence-electron chi connectivity index (χ2n) is 7.17. The van der Waals surface area contributed by atoms with Crippen molar-refractivity contribution in [3.05, 3.63) is 125 Å². The highest BCUT2D eigenvalue weighted by Gasteiger charge is 2.19. The molecule has 0 saturated carbocycles. The first kappa shape index (κ1) is 18.5. The van der Waals surface area contributed by atoms with Gasteiger partial charge in [-0.3, -0.25) is 9.36 Å². The lowest BCUT2D eigenvalue weighted by Gasteiger charge is -2.14. The monoisotopic (exact) mass is 408 g/mol. The number of fused-ring (bicyclic) bond motifs is 1. The summed E-state index contributed by atoms with van der Waals surface area (Å²) in [5.41, 5.74) is 4.84. The number of nitrogens with one attached hydrogen (secondary N) is 1. The predicted molar refractivity (Wildman–Crippen MR) is 123 cm³/mol. The molecule has 4 heteroatoms. The van der Waals surface area contributed by atoms with Gasteiger partial charge in [-0.05, 0) is 29.3 Å². The van der Waals surface area contributed by atoms with Crippen molar-refractivity contribution in [3.8, 4) is 16.9 Å². The molecule has 0 bridgehead atoms. The second-order valence-corrected chi connectivity index (χ2v) is 8.25. The van der Waals surface area contributed by atoms with Crippen LogP contribution in [0, 0.1) is 0 Å². The average molecular weight is 409 g/mol. The summed E-state index contributed by atoms with van der Waals surface area (Å²) in [6.07, 6.45) is 2.54. The molecule has 0 radical (unpaired) electrons. The maximum atomic E-state index is 13.3. The SMILES string of the molecule is O=c1c(Cc2ccccc2)cc2c(Sc3ccccc3)[nH]c(-c3ccccc3)cn1-2. The highest BCUT2D eigenvalue weighted by molar-refractivity contribution is 7.99. The van der Waals surface area contributed by atoms with Gasteiger partial charge in [0.25, 0.3) is 5.56 Å². The van der Waals surface area contributed by atoms with Crippen LogP contribution in [0.2, 0.25) is 0 Å². The number of aromatic nitrogens is 2. The number of H-pyrrole nitrogens is 1. The van der Waals surface area contributed by atoms with E-state index in [1.54, 1.807) is 16.3 Å². The Balaban J connectivity index is 1.65. The Morgan fingerprint density at radius 2 is 1.43 bits per heavy atom. The Labute approximate surface area is 179 Å². The summed E-state index contributed by atoms with van der Waals surface area (Å²) in [6, 6.07) is 32.5. The summed E-state index contributed by atoms with van der Waals surface area (Å²) in [4.78, 5) is 17.9. The lowest BCUT2D eigenvalue weighted by Crippen LogP contribution is -2.16. The van der Waals surface area contributed by atoms with E-state index in [1.165, 1.54) is 0 Å². The molecule has 2 aliphatic heterocycles. The lowest BCUT2D eigenvalue weighted by atomic mass is 10.1. The van der Waals surface area contributed by atoms with E-state index >= 15 is 0 Å². The van der Waals surface area contributed by atoms with E-state index in [0.29, 0.717) is 6.42 Å². The molecule has 5 rings (SSSR count). The number of hydrogen-bond donors (Lipinski definition) is 1. The molecule has 146 valence electrons. The van der Waals surface area contributed by atoms with Crippen LogP contribution in [0.5, 0.6) is 0 Å². The first-order chi connectivity index (χ1) is 14.8. The summed E-state index contributed by atoms with van der Waals surface area (Å²) in [6.45, 7) is 0. The summed E-state index contributed by atoms with van der Waals surface area (Å²) in [7, 11) is 0. The predicted octanol–water partition coefficient (Wildman–Crippen LogP) is 6.01. The van der Waals surface area contributed by atoms with Crippen LogP contribution in [0.25, 0.3) is 16.9 Å². The first-order valence-corrected chi connectivity index (χ1v) is 10.7. The third kappa shape index (κ3) is 3.70. The minimum atomic E-state index is 0.0370. The van der Waals surface area contributed by atoms with Crippen molar-refractivity contribution in [1.82, 2.24) is 9.55 Å². The largest absolute Gasteiger partial charge is 0.347 e. The fraction of sp³-hybridized carbons (Fsp3) is 0.0385. The van der Waals surface area contributed by atoms with Crippen LogP contribution in [0.1, 0.15) is 11.1 Å². The average Bonchev–Trinajstić information content (AvgIpc) is 3.11. The molecule has 0 fully saturated rings. The van der Waals surface area contributed by atoms with Gasteiger partial charge in [0.1, 0.15) is 5.03 Å². The van der Waals surface area contributed by atoms with E-state index in [1.807, 2.05) is 79.0 Å². The van der Waals surface area contributed by atoms with Crippen molar-refractivity contribution in [2.24, 2.45) is 0 Å². The molecular weight excluding hydrogens is 388 g/mol. The van der Waals surface area contributed by atoms with E-state index in [4.69, 9.17) is 0 Å².